The smallest absolute Gasteiger partial charge is 0.326 e. The van der Waals surface area contributed by atoms with Crippen LogP contribution < -0.4 is 5.32 Å². The second-order valence-electron chi connectivity index (χ2n) is 3.36. The molecule has 1 aromatic carbocycles. The summed E-state index contributed by atoms with van der Waals surface area (Å²) in [5.41, 5.74) is 0.0477. The summed E-state index contributed by atoms with van der Waals surface area (Å²) in [6.07, 6.45) is 0.336. The number of nitrogens with zero attached hydrogens (tertiary/aromatic N) is 1. The Bertz CT molecular complexity index is 450. The van der Waals surface area contributed by atoms with Gasteiger partial charge in [-0.3, -0.25) is 10.1 Å². The highest BCUT2D eigenvalue weighted by Crippen LogP contribution is 2.28. The maximum atomic E-state index is 10.8. The highest BCUT2D eigenvalue weighted by atomic mass is 79.9. The zero-order valence-corrected chi connectivity index (χ0v) is 10.6. The van der Waals surface area contributed by atoms with Crippen molar-refractivity contribution in [3.05, 3.63) is 32.8 Å². The van der Waals surface area contributed by atoms with Crippen molar-refractivity contribution in [1.82, 2.24) is 0 Å². The standard InChI is InChI=1S/C10H11BrN2O4/c1-2-7(10(14)15)12-8-4-3-6(11)5-9(8)13(16)17/h3-5,7,12H,2H2,1H3,(H,14,15). The summed E-state index contributed by atoms with van der Waals surface area (Å²) < 4.78 is 0.568. The van der Waals surface area contributed by atoms with Crippen LogP contribution in [0.2, 0.25) is 0 Å². The Morgan fingerprint density at radius 2 is 2.29 bits per heavy atom. The second kappa shape index (κ2) is 5.62. The van der Waals surface area contributed by atoms with Crippen LogP contribution in [-0.2, 0) is 4.79 Å². The van der Waals surface area contributed by atoms with E-state index in [4.69, 9.17) is 5.11 Å². The number of benzene rings is 1. The van der Waals surface area contributed by atoms with E-state index in [1.54, 1.807) is 13.0 Å². The molecule has 0 bridgehead atoms. The van der Waals surface area contributed by atoms with Crippen LogP contribution in [0.15, 0.2) is 22.7 Å². The lowest BCUT2D eigenvalue weighted by Crippen LogP contribution is -2.28. The molecule has 0 fully saturated rings. The fraction of sp³-hybridized carbons (Fsp3) is 0.300. The Morgan fingerprint density at radius 1 is 1.65 bits per heavy atom. The van der Waals surface area contributed by atoms with Crippen molar-refractivity contribution in [2.75, 3.05) is 5.32 Å². The van der Waals surface area contributed by atoms with E-state index >= 15 is 0 Å². The fourth-order valence-corrected chi connectivity index (χ4v) is 1.65. The first-order valence-electron chi connectivity index (χ1n) is 4.89. The molecule has 7 heteroatoms. The predicted octanol–water partition coefficient (Wildman–Crippen LogP) is 2.63. The monoisotopic (exact) mass is 302 g/mol. The number of hydrogen-bond acceptors (Lipinski definition) is 4. The molecule has 0 saturated heterocycles. The van der Waals surface area contributed by atoms with Gasteiger partial charge in [-0.1, -0.05) is 22.9 Å². The van der Waals surface area contributed by atoms with Crippen LogP contribution >= 0.6 is 15.9 Å². The van der Waals surface area contributed by atoms with Crippen LogP contribution in [-0.4, -0.2) is 22.0 Å². The van der Waals surface area contributed by atoms with E-state index in [-0.39, 0.29) is 11.4 Å². The lowest BCUT2D eigenvalue weighted by molar-refractivity contribution is -0.384. The van der Waals surface area contributed by atoms with Crippen LogP contribution in [0.3, 0.4) is 0 Å². The van der Waals surface area contributed by atoms with Gasteiger partial charge in [0.05, 0.1) is 4.92 Å². The molecule has 2 N–H and O–H groups in total. The minimum absolute atomic E-state index is 0.154. The molecule has 0 saturated carbocycles. The first kappa shape index (κ1) is 13.4. The zero-order valence-electron chi connectivity index (χ0n) is 9.01. The van der Waals surface area contributed by atoms with Crippen LogP contribution in [0.5, 0.6) is 0 Å². The first-order chi connectivity index (χ1) is 7.95. The van der Waals surface area contributed by atoms with Gasteiger partial charge < -0.3 is 10.4 Å². The molecular weight excluding hydrogens is 292 g/mol. The number of aliphatic carboxylic acids is 1. The molecule has 0 aliphatic rings. The van der Waals surface area contributed by atoms with E-state index in [2.05, 4.69) is 21.2 Å². The third-order valence-electron chi connectivity index (χ3n) is 2.19. The molecule has 92 valence electrons. The number of carboxylic acid groups (broad SMARTS) is 1. The van der Waals surface area contributed by atoms with Crippen LogP contribution in [0.4, 0.5) is 11.4 Å². The number of carbonyl (C=O) groups is 1. The molecular formula is C10H11BrN2O4. The van der Waals surface area contributed by atoms with Gasteiger partial charge in [0.15, 0.2) is 0 Å². The van der Waals surface area contributed by atoms with Gasteiger partial charge in [-0.05, 0) is 18.6 Å². The molecule has 0 amide bonds. The summed E-state index contributed by atoms with van der Waals surface area (Å²) in [5, 5.41) is 22.3. The number of carboxylic acids is 1. The average Bonchev–Trinajstić information content (AvgIpc) is 2.26. The molecule has 0 spiro atoms. The summed E-state index contributed by atoms with van der Waals surface area (Å²) in [6.45, 7) is 1.69. The number of hydrogen-bond donors (Lipinski definition) is 2. The lowest BCUT2D eigenvalue weighted by Gasteiger charge is -2.13. The Morgan fingerprint density at radius 3 is 2.76 bits per heavy atom. The van der Waals surface area contributed by atoms with Gasteiger partial charge >= 0.3 is 5.97 Å². The molecule has 17 heavy (non-hydrogen) atoms. The zero-order chi connectivity index (χ0) is 13.0. The third kappa shape index (κ3) is 3.42. The number of nitro groups is 1. The van der Waals surface area contributed by atoms with E-state index in [1.807, 2.05) is 0 Å². The van der Waals surface area contributed by atoms with Crippen molar-refractivity contribution in [3.63, 3.8) is 0 Å². The van der Waals surface area contributed by atoms with E-state index < -0.39 is 16.9 Å². The Balaban J connectivity index is 3.05. The van der Waals surface area contributed by atoms with Gasteiger partial charge in [-0.25, -0.2) is 4.79 Å². The molecule has 1 atom stereocenters. The summed E-state index contributed by atoms with van der Waals surface area (Å²) in [6, 6.07) is 3.59. The molecule has 0 aliphatic heterocycles. The van der Waals surface area contributed by atoms with Gasteiger partial charge in [0.25, 0.3) is 5.69 Å². The van der Waals surface area contributed by atoms with Gasteiger partial charge in [0.2, 0.25) is 0 Å². The highest BCUT2D eigenvalue weighted by Gasteiger charge is 2.20. The molecule has 1 rings (SSSR count). The summed E-state index contributed by atoms with van der Waals surface area (Å²) >= 11 is 3.13. The van der Waals surface area contributed by atoms with Crippen molar-refractivity contribution in [2.24, 2.45) is 0 Å². The number of rotatable bonds is 5. The Kier molecular flexibility index (Phi) is 4.45. The van der Waals surface area contributed by atoms with Crippen molar-refractivity contribution < 1.29 is 14.8 Å². The van der Waals surface area contributed by atoms with Gasteiger partial charge in [0.1, 0.15) is 11.7 Å². The normalized spacial score (nSPS) is 11.9. The highest BCUT2D eigenvalue weighted by molar-refractivity contribution is 9.10. The summed E-state index contributed by atoms with van der Waals surface area (Å²) in [4.78, 5) is 21.1. The maximum Gasteiger partial charge on any atom is 0.326 e. The van der Waals surface area contributed by atoms with E-state index in [9.17, 15) is 14.9 Å². The van der Waals surface area contributed by atoms with Crippen molar-refractivity contribution >= 4 is 33.3 Å². The minimum atomic E-state index is -1.04. The SMILES string of the molecule is CCC(Nc1ccc(Br)cc1[N+](=O)[O-])C(=O)O. The molecule has 0 radical (unpaired) electrons. The molecule has 0 heterocycles. The van der Waals surface area contributed by atoms with Crippen molar-refractivity contribution in [3.8, 4) is 0 Å². The van der Waals surface area contributed by atoms with Crippen LogP contribution in [0, 0.1) is 10.1 Å². The number of anilines is 1. The van der Waals surface area contributed by atoms with Crippen molar-refractivity contribution in [2.45, 2.75) is 19.4 Å². The fourth-order valence-electron chi connectivity index (χ4n) is 1.30. The quantitative estimate of drug-likeness (QED) is 0.644. The van der Waals surface area contributed by atoms with E-state index in [1.165, 1.54) is 12.1 Å². The molecule has 1 unspecified atom stereocenters. The van der Waals surface area contributed by atoms with Gasteiger partial charge in [-0.2, -0.15) is 0 Å². The average molecular weight is 303 g/mol. The first-order valence-corrected chi connectivity index (χ1v) is 5.68. The molecule has 0 aliphatic carbocycles. The second-order valence-corrected chi connectivity index (χ2v) is 4.28. The largest absolute Gasteiger partial charge is 0.480 e. The Hall–Kier alpha value is -1.63. The number of nitro benzene ring substituents is 1. The van der Waals surface area contributed by atoms with E-state index in [0.29, 0.717) is 10.9 Å². The molecule has 1 aromatic rings. The molecule has 0 aromatic heterocycles. The number of halogens is 1. The third-order valence-corrected chi connectivity index (χ3v) is 2.69. The van der Waals surface area contributed by atoms with Crippen LogP contribution in [0.1, 0.15) is 13.3 Å². The lowest BCUT2D eigenvalue weighted by atomic mass is 10.2. The summed E-state index contributed by atoms with van der Waals surface area (Å²) in [5.74, 6) is -1.04. The van der Waals surface area contributed by atoms with Crippen LogP contribution in [0.25, 0.3) is 0 Å². The van der Waals surface area contributed by atoms with Crippen molar-refractivity contribution in [1.29, 1.82) is 0 Å². The minimum Gasteiger partial charge on any atom is -0.480 e. The van der Waals surface area contributed by atoms with Gasteiger partial charge in [-0.15, -0.1) is 0 Å². The summed E-state index contributed by atoms with van der Waals surface area (Å²) in [7, 11) is 0. The van der Waals surface area contributed by atoms with Gasteiger partial charge in [0, 0.05) is 10.5 Å². The number of nitrogens with one attached hydrogen (secondary N) is 1. The molecule has 6 nitrogen and oxygen atoms in total. The topological polar surface area (TPSA) is 92.5 Å². The predicted molar refractivity (Wildman–Crippen MR) is 66.1 cm³/mol. The Labute approximate surface area is 106 Å². The maximum absolute atomic E-state index is 10.8. The van der Waals surface area contributed by atoms with E-state index in [0.717, 1.165) is 0 Å².